The van der Waals surface area contributed by atoms with Crippen LogP contribution in [0.2, 0.25) is 0 Å². The van der Waals surface area contributed by atoms with Gasteiger partial charge in [-0.2, -0.15) is 10.2 Å². The minimum Gasteiger partial charge on any atom is -0.370 e. The zero-order chi connectivity index (χ0) is 28.3. The van der Waals surface area contributed by atoms with E-state index in [1.165, 1.54) is 116 Å². The number of hydrogen-bond donors (Lipinski definition) is 3. The topological polar surface area (TPSA) is 86.1 Å². The van der Waals surface area contributed by atoms with Gasteiger partial charge in [0.15, 0.2) is 12.0 Å². The van der Waals surface area contributed by atoms with Crippen LogP contribution in [-0.4, -0.2) is 36.2 Å². The highest BCUT2D eigenvalue weighted by Crippen LogP contribution is 2.16. The van der Waals surface area contributed by atoms with Gasteiger partial charge in [-0.3, -0.25) is 10.2 Å². The summed E-state index contributed by atoms with van der Waals surface area (Å²) in [5.41, 5.74) is 6.44. The summed E-state index contributed by atoms with van der Waals surface area (Å²) < 4.78 is 0. The molecule has 0 heterocycles. The third-order valence-electron chi connectivity index (χ3n) is 7.60. The number of hydrogen-bond acceptors (Lipinski definition) is 6. The Morgan fingerprint density at radius 2 is 1.08 bits per heavy atom. The number of rotatable bonds is 29. The highest BCUT2D eigenvalue weighted by atomic mass is 16.3. The zero-order valence-electron chi connectivity index (χ0n) is 26.1. The van der Waals surface area contributed by atoms with Crippen LogP contribution in [0, 0.1) is 11.8 Å². The predicted octanol–water partition coefficient (Wildman–Crippen LogP) is 8.92. The summed E-state index contributed by atoms with van der Waals surface area (Å²) in [7, 11) is 0. The van der Waals surface area contributed by atoms with Crippen molar-refractivity contribution in [2.75, 3.05) is 13.1 Å². The van der Waals surface area contributed by atoms with Crippen LogP contribution in [0.25, 0.3) is 0 Å². The van der Waals surface area contributed by atoms with E-state index in [1.807, 2.05) is 20.8 Å². The number of aliphatic hydroxyl groups is 1. The first-order chi connectivity index (χ1) is 18.5. The molecule has 0 fully saturated rings. The lowest BCUT2D eigenvalue weighted by atomic mass is 9.91. The van der Waals surface area contributed by atoms with Gasteiger partial charge in [-0.05, 0) is 12.8 Å². The van der Waals surface area contributed by atoms with Gasteiger partial charge in [0.05, 0.1) is 12.6 Å². The van der Waals surface area contributed by atoms with Gasteiger partial charge in [-0.25, -0.2) is 5.43 Å². The van der Waals surface area contributed by atoms with Gasteiger partial charge < -0.3 is 5.11 Å². The predicted molar refractivity (Wildman–Crippen MR) is 163 cm³/mol. The number of hydrazine groups is 1. The molecular weight excluding hydrogens is 472 g/mol. The molecular formula is C32H66N4O2. The summed E-state index contributed by atoms with van der Waals surface area (Å²) >= 11 is 0. The molecule has 0 saturated carbocycles. The second-order valence-corrected chi connectivity index (χ2v) is 11.7. The van der Waals surface area contributed by atoms with Crippen molar-refractivity contribution in [1.82, 2.24) is 10.9 Å². The highest BCUT2D eigenvalue weighted by Gasteiger charge is 2.31. The van der Waals surface area contributed by atoms with Gasteiger partial charge in [-0.15, -0.1) is 0 Å². The van der Waals surface area contributed by atoms with Crippen LogP contribution in [-0.2, 0) is 4.79 Å². The van der Waals surface area contributed by atoms with Crippen molar-refractivity contribution in [3.8, 4) is 0 Å². The van der Waals surface area contributed by atoms with Gasteiger partial charge in [-0.1, -0.05) is 150 Å². The van der Waals surface area contributed by atoms with Crippen LogP contribution >= 0.6 is 0 Å². The number of unbranched alkanes of at least 4 members (excludes halogenated alkanes) is 18. The fraction of sp³-hybridized carbons (Fsp3) is 0.969. The molecule has 0 aliphatic carbocycles. The van der Waals surface area contributed by atoms with Crippen LogP contribution in [0.4, 0.5) is 0 Å². The lowest BCUT2D eigenvalue weighted by Crippen LogP contribution is -2.53. The number of azo groups is 1. The minimum absolute atomic E-state index is 0.0945. The summed E-state index contributed by atoms with van der Waals surface area (Å²) in [6.45, 7) is 11.7. The second kappa shape index (κ2) is 27.7. The number of carbonyl (C=O) groups excluding carboxylic acids is 1. The normalized spacial score (nSPS) is 14.4. The van der Waals surface area contributed by atoms with Gasteiger partial charge in [0.1, 0.15) is 0 Å². The Hall–Kier alpha value is -0.850. The lowest BCUT2D eigenvalue weighted by Gasteiger charge is -2.27. The molecule has 0 rings (SSSR count). The van der Waals surface area contributed by atoms with E-state index < -0.39 is 12.3 Å². The standard InChI is InChI=1S/C32H66N4O2/c1-6-8-10-12-14-16-18-20-22-24-26-33-35-30(31(37)28(3)4)29(5)32(38)36-34-27-25-23-21-19-17-15-13-11-9-7-2/h28-30,32-33,35,38H,6-27H2,1-5H3. The Labute approximate surface area is 237 Å². The van der Waals surface area contributed by atoms with Gasteiger partial charge >= 0.3 is 0 Å². The van der Waals surface area contributed by atoms with E-state index in [2.05, 4.69) is 34.9 Å². The quantitative estimate of drug-likeness (QED) is 0.0504. The summed E-state index contributed by atoms with van der Waals surface area (Å²) in [5.74, 6) is -0.358. The molecule has 6 nitrogen and oxygen atoms in total. The molecule has 38 heavy (non-hydrogen) atoms. The largest absolute Gasteiger partial charge is 0.370 e. The summed E-state index contributed by atoms with van der Waals surface area (Å²) in [4.78, 5) is 12.8. The van der Waals surface area contributed by atoms with Crippen LogP contribution in [0.1, 0.15) is 163 Å². The molecule has 226 valence electrons. The van der Waals surface area contributed by atoms with Crippen molar-refractivity contribution < 1.29 is 9.90 Å². The molecule has 0 aromatic rings. The van der Waals surface area contributed by atoms with Crippen LogP contribution in [0.3, 0.4) is 0 Å². The fourth-order valence-corrected chi connectivity index (χ4v) is 4.79. The second-order valence-electron chi connectivity index (χ2n) is 11.7. The number of nitrogens with zero attached hydrogens (tertiary/aromatic N) is 2. The smallest absolute Gasteiger partial charge is 0.170 e. The number of ketones is 1. The molecule has 0 aromatic heterocycles. The molecule has 0 radical (unpaired) electrons. The monoisotopic (exact) mass is 539 g/mol. The van der Waals surface area contributed by atoms with Gasteiger partial charge in [0.25, 0.3) is 0 Å². The molecule has 0 aliphatic heterocycles. The SMILES string of the molecule is CCCCCCCCCCCCN=NC(O)C(C)C(NNCCCCCCCCCCCC)C(=O)C(C)C. The fourth-order valence-electron chi connectivity index (χ4n) is 4.79. The number of nitrogens with one attached hydrogen (secondary N) is 2. The van der Waals surface area contributed by atoms with Crippen molar-refractivity contribution in [2.45, 2.75) is 175 Å². The maximum atomic E-state index is 12.8. The first-order valence-corrected chi connectivity index (χ1v) is 16.5. The van der Waals surface area contributed by atoms with Gasteiger partial charge in [0, 0.05) is 18.4 Å². The molecule has 0 aliphatic rings. The van der Waals surface area contributed by atoms with E-state index in [1.54, 1.807) is 0 Å². The van der Waals surface area contributed by atoms with E-state index >= 15 is 0 Å². The van der Waals surface area contributed by atoms with Crippen molar-refractivity contribution >= 4 is 5.78 Å². The lowest BCUT2D eigenvalue weighted by molar-refractivity contribution is -0.126. The maximum absolute atomic E-state index is 12.8. The Kier molecular flexibility index (Phi) is 27.1. The molecule has 0 spiro atoms. The average molecular weight is 539 g/mol. The van der Waals surface area contributed by atoms with E-state index in [4.69, 9.17) is 0 Å². The highest BCUT2D eigenvalue weighted by molar-refractivity contribution is 5.86. The Morgan fingerprint density at radius 1 is 0.658 bits per heavy atom. The van der Waals surface area contributed by atoms with E-state index in [-0.39, 0.29) is 17.6 Å². The molecule has 0 aromatic carbocycles. The van der Waals surface area contributed by atoms with Crippen LogP contribution < -0.4 is 10.9 Å². The minimum atomic E-state index is -0.975. The number of aliphatic hydroxyl groups excluding tert-OH is 1. The molecule has 3 atom stereocenters. The molecule has 3 N–H and O–H groups in total. The van der Waals surface area contributed by atoms with Crippen molar-refractivity contribution in [3.63, 3.8) is 0 Å². The first-order valence-electron chi connectivity index (χ1n) is 16.5. The van der Waals surface area contributed by atoms with Crippen molar-refractivity contribution in [1.29, 1.82) is 0 Å². The number of Topliss-reactive ketones (excluding diaryl/α,β-unsaturated/α-hetero) is 1. The average Bonchev–Trinajstić information content (AvgIpc) is 2.91. The Morgan fingerprint density at radius 3 is 1.53 bits per heavy atom. The van der Waals surface area contributed by atoms with Crippen LogP contribution in [0.5, 0.6) is 0 Å². The maximum Gasteiger partial charge on any atom is 0.170 e. The number of carbonyl (C=O) groups is 1. The molecule has 6 heteroatoms. The van der Waals surface area contributed by atoms with E-state index in [9.17, 15) is 9.90 Å². The van der Waals surface area contributed by atoms with E-state index in [0.717, 1.165) is 19.4 Å². The first kappa shape index (κ1) is 37.1. The summed E-state index contributed by atoms with van der Waals surface area (Å²) in [6.07, 6.45) is 25.0. The molecule has 3 unspecified atom stereocenters. The van der Waals surface area contributed by atoms with Crippen molar-refractivity contribution in [2.24, 2.45) is 22.1 Å². The summed E-state index contributed by atoms with van der Waals surface area (Å²) in [6, 6.07) is -0.482. The molecule has 0 amide bonds. The Bertz CT molecular complexity index is 542. The van der Waals surface area contributed by atoms with Crippen molar-refractivity contribution in [3.05, 3.63) is 0 Å². The van der Waals surface area contributed by atoms with Gasteiger partial charge in [0.2, 0.25) is 0 Å². The summed E-state index contributed by atoms with van der Waals surface area (Å²) in [5, 5.41) is 19.0. The zero-order valence-corrected chi connectivity index (χ0v) is 26.1. The van der Waals surface area contributed by atoms with Crippen LogP contribution in [0.15, 0.2) is 10.2 Å². The molecule has 0 bridgehead atoms. The third kappa shape index (κ3) is 22.0. The molecule has 0 saturated heterocycles. The Balaban J connectivity index is 4.08. The van der Waals surface area contributed by atoms with E-state index in [0.29, 0.717) is 6.54 Å². The third-order valence-corrected chi connectivity index (χ3v) is 7.60.